The summed E-state index contributed by atoms with van der Waals surface area (Å²) in [7, 11) is 0. The van der Waals surface area contributed by atoms with Gasteiger partial charge in [-0.3, -0.25) is 0 Å². The summed E-state index contributed by atoms with van der Waals surface area (Å²) in [4.78, 5) is 2.58. The highest BCUT2D eigenvalue weighted by molar-refractivity contribution is 5.85. The van der Waals surface area contributed by atoms with Gasteiger partial charge in [-0.05, 0) is 37.9 Å². The molecule has 0 aromatic heterocycles. The second kappa shape index (κ2) is 11.9. The van der Waals surface area contributed by atoms with E-state index in [0.29, 0.717) is 0 Å². The fourth-order valence-corrected chi connectivity index (χ4v) is 3.05. The average Bonchev–Trinajstić information content (AvgIpc) is 2.55. The van der Waals surface area contributed by atoms with Crippen molar-refractivity contribution in [3.8, 4) is 0 Å². The van der Waals surface area contributed by atoms with Gasteiger partial charge < -0.3 is 9.64 Å². The average molecular weight is 326 g/mol. The molecule has 1 unspecified atom stereocenters. The quantitative estimate of drug-likeness (QED) is 0.576. The Morgan fingerprint density at radius 2 is 1.73 bits per heavy atom. The Hall–Kier alpha value is -0.570. The lowest BCUT2D eigenvalue weighted by Crippen LogP contribution is -2.34. The number of likely N-dealkylation sites (tertiary alicyclic amines) is 1. The van der Waals surface area contributed by atoms with Gasteiger partial charge in [-0.2, -0.15) is 0 Å². The molecule has 0 saturated carbocycles. The summed E-state index contributed by atoms with van der Waals surface area (Å²) < 4.78 is 6.24. The third kappa shape index (κ3) is 7.13. The first-order valence-corrected chi connectivity index (χ1v) is 8.79. The Kier molecular flexibility index (Phi) is 10.6. The smallest absolute Gasteiger partial charge is 0.0951 e. The lowest BCUT2D eigenvalue weighted by atomic mass is 10.1. The maximum Gasteiger partial charge on any atom is 0.0951 e. The Morgan fingerprint density at radius 1 is 1.00 bits per heavy atom. The fraction of sp³-hybridized carbons (Fsp3) is 0.684. The van der Waals surface area contributed by atoms with E-state index in [2.05, 4.69) is 42.2 Å². The van der Waals surface area contributed by atoms with E-state index in [9.17, 15) is 0 Å². The molecule has 0 spiro atoms. The molecule has 1 aliphatic heterocycles. The van der Waals surface area contributed by atoms with E-state index in [-0.39, 0.29) is 18.5 Å². The van der Waals surface area contributed by atoms with Crippen molar-refractivity contribution in [3.05, 3.63) is 35.9 Å². The van der Waals surface area contributed by atoms with Gasteiger partial charge in [0, 0.05) is 13.2 Å². The summed E-state index contributed by atoms with van der Waals surface area (Å²) in [6.07, 6.45) is 9.42. The highest BCUT2D eigenvalue weighted by Gasteiger charge is 2.18. The van der Waals surface area contributed by atoms with Crippen LogP contribution in [0.1, 0.15) is 63.5 Å². The van der Waals surface area contributed by atoms with Crippen LogP contribution in [-0.2, 0) is 4.74 Å². The molecule has 0 N–H and O–H groups in total. The SMILES string of the molecule is CCCCCCOC(CN1CCCCC1)c1ccccc1.Cl. The first-order chi connectivity index (χ1) is 10.4. The van der Waals surface area contributed by atoms with Crippen LogP contribution in [0.3, 0.4) is 0 Å². The van der Waals surface area contributed by atoms with Crippen molar-refractivity contribution in [3.63, 3.8) is 0 Å². The minimum atomic E-state index is 0. The Balaban J connectivity index is 0.00000242. The van der Waals surface area contributed by atoms with Crippen LogP contribution in [0.15, 0.2) is 30.3 Å². The summed E-state index contributed by atoms with van der Waals surface area (Å²) >= 11 is 0. The van der Waals surface area contributed by atoms with Crippen molar-refractivity contribution in [2.75, 3.05) is 26.2 Å². The second-order valence-electron chi connectivity index (χ2n) is 6.19. The molecule has 0 radical (unpaired) electrons. The topological polar surface area (TPSA) is 12.5 Å². The number of nitrogens with zero attached hydrogens (tertiary/aromatic N) is 1. The van der Waals surface area contributed by atoms with Gasteiger partial charge in [-0.25, -0.2) is 0 Å². The van der Waals surface area contributed by atoms with E-state index in [1.165, 1.54) is 63.6 Å². The zero-order valence-electron chi connectivity index (χ0n) is 14.0. The Morgan fingerprint density at radius 3 is 2.41 bits per heavy atom. The molecular formula is C19H32ClNO. The molecule has 3 heteroatoms. The lowest BCUT2D eigenvalue weighted by Gasteiger charge is -2.30. The number of unbranched alkanes of at least 4 members (excludes halogenated alkanes) is 3. The van der Waals surface area contributed by atoms with Gasteiger partial charge in [0.1, 0.15) is 0 Å². The number of halogens is 1. The van der Waals surface area contributed by atoms with Crippen molar-refractivity contribution >= 4 is 12.4 Å². The molecule has 1 atom stereocenters. The first kappa shape index (κ1) is 19.5. The van der Waals surface area contributed by atoms with Gasteiger partial charge in [0.25, 0.3) is 0 Å². The van der Waals surface area contributed by atoms with Crippen molar-refractivity contribution in [1.82, 2.24) is 4.90 Å². The monoisotopic (exact) mass is 325 g/mol. The van der Waals surface area contributed by atoms with Crippen LogP contribution < -0.4 is 0 Å². The van der Waals surface area contributed by atoms with Crippen LogP contribution >= 0.6 is 12.4 Å². The highest BCUT2D eigenvalue weighted by Crippen LogP contribution is 2.21. The number of ether oxygens (including phenoxy) is 1. The van der Waals surface area contributed by atoms with E-state index in [0.717, 1.165) is 13.2 Å². The molecule has 0 amide bonds. The molecule has 1 fully saturated rings. The number of hydrogen-bond donors (Lipinski definition) is 0. The minimum Gasteiger partial charge on any atom is -0.372 e. The van der Waals surface area contributed by atoms with Crippen LogP contribution in [0.4, 0.5) is 0 Å². The number of hydrogen-bond acceptors (Lipinski definition) is 2. The third-order valence-electron chi connectivity index (χ3n) is 4.36. The molecular weight excluding hydrogens is 294 g/mol. The summed E-state index contributed by atoms with van der Waals surface area (Å²) in [5, 5.41) is 0. The normalized spacial score (nSPS) is 17.0. The van der Waals surface area contributed by atoms with Crippen molar-refractivity contribution in [2.24, 2.45) is 0 Å². The first-order valence-electron chi connectivity index (χ1n) is 8.79. The standard InChI is InChI=1S/C19H31NO.ClH/c1-2-3-4-11-16-21-19(18-12-7-5-8-13-18)17-20-14-9-6-10-15-20;/h5,7-8,12-13,19H,2-4,6,9-11,14-17H2,1H3;1H. The predicted octanol–water partition coefficient (Wildman–Crippen LogP) is 5.23. The maximum atomic E-state index is 6.24. The zero-order chi connectivity index (χ0) is 14.8. The largest absolute Gasteiger partial charge is 0.372 e. The van der Waals surface area contributed by atoms with Crippen LogP contribution in [-0.4, -0.2) is 31.1 Å². The van der Waals surface area contributed by atoms with E-state index in [4.69, 9.17) is 4.74 Å². The van der Waals surface area contributed by atoms with E-state index in [1.54, 1.807) is 0 Å². The van der Waals surface area contributed by atoms with Gasteiger partial charge in [0.05, 0.1) is 6.10 Å². The molecule has 2 nitrogen and oxygen atoms in total. The van der Waals surface area contributed by atoms with Crippen molar-refractivity contribution in [1.29, 1.82) is 0 Å². The summed E-state index contributed by atoms with van der Waals surface area (Å²) in [6, 6.07) is 10.8. The summed E-state index contributed by atoms with van der Waals surface area (Å²) in [6.45, 7) is 6.68. The second-order valence-corrected chi connectivity index (χ2v) is 6.19. The lowest BCUT2D eigenvalue weighted by molar-refractivity contribution is 0.0187. The van der Waals surface area contributed by atoms with E-state index >= 15 is 0 Å². The van der Waals surface area contributed by atoms with Gasteiger partial charge in [-0.15, -0.1) is 12.4 Å². The van der Waals surface area contributed by atoms with Gasteiger partial charge in [0.2, 0.25) is 0 Å². The minimum absolute atomic E-state index is 0. The Bertz CT molecular complexity index is 365. The molecule has 1 saturated heterocycles. The van der Waals surface area contributed by atoms with Crippen LogP contribution in [0.5, 0.6) is 0 Å². The van der Waals surface area contributed by atoms with Crippen LogP contribution in [0.2, 0.25) is 0 Å². The maximum absolute atomic E-state index is 6.24. The van der Waals surface area contributed by atoms with Gasteiger partial charge in [0.15, 0.2) is 0 Å². The van der Waals surface area contributed by atoms with Crippen molar-refractivity contribution in [2.45, 2.75) is 58.0 Å². The van der Waals surface area contributed by atoms with Crippen molar-refractivity contribution < 1.29 is 4.74 Å². The van der Waals surface area contributed by atoms with Gasteiger partial charge in [-0.1, -0.05) is 62.9 Å². The summed E-state index contributed by atoms with van der Waals surface area (Å²) in [5.41, 5.74) is 1.33. The molecule has 126 valence electrons. The zero-order valence-corrected chi connectivity index (χ0v) is 14.8. The molecule has 22 heavy (non-hydrogen) atoms. The molecule has 0 aliphatic carbocycles. The third-order valence-corrected chi connectivity index (χ3v) is 4.36. The molecule has 1 heterocycles. The van der Waals surface area contributed by atoms with Crippen LogP contribution in [0, 0.1) is 0 Å². The molecule has 1 aliphatic rings. The molecule has 0 bridgehead atoms. The number of piperidine rings is 1. The summed E-state index contributed by atoms with van der Waals surface area (Å²) in [5.74, 6) is 0. The highest BCUT2D eigenvalue weighted by atomic mass is 35.5. The number of rotatable bonds is 9. The molecule has 2 rings (SSSR count). The molecule has 1 aromatic carbocycles. The number of benzene rings is 1. The fourth-order valence-electron chi connectivity index (χ4n) is 3.05. The van der Waals surface area contributed by atoms with Gasteiger partial charge >= 0.3 is 0 Å². The van der Waals surface area contributed by atoms with E-state index in [1.807, 2.05) is 0 Å². The molecule has 1 aromatic rings. The predicted molar refractivity (Wildman–Crippen MR) is 96.8 cm³/mol. The van der Waals surface area contributed by atoms with E-state index < -0.39 is 0 Å². The Labute approximate surface area is 142 Å². The van der Waals surface area contributed by atoms with Crippen LogP contribution in [0.25, 0.3) is 0 Å².